The largest absolute Gasteiger partial charge is 0.480 e. The topological polar surface area (TPSA) is 109 Å². The summed E-state index contributed by atoms with van der Waals surface area (Å²) in [7, 11) is -14.2. The number of hydrogen-bond donors (Lipinski definition) is 0. The third-order valence-electron chi connectivity index (χ3n) is 6.36. The molecule has 0 N–H and O–H groups in total. The lowest BCUT2D eigenvalue weighted by molar-refractivity contribution is -0.184. The maximum atomic E-state index is 13.9. The smallest absolute Gasteiger partial charge is 0.465 e. The Morgan fingerprint density at radius 3 is 1.69 bits per heavy atom. The van der Waals surface area contributed by atoms with Crippen LogP contribution >= 0.6 is 0 Å². The number of rotatable bonds is 8. The summed E-state index contributed by atoms with van der Waals surface area (Å²) in [6.07, 6.45) is 2.20. The second-order valence-corrected chi connectivity index (χ2v) is 12.2. The van der Waals surface area contributed by atoms with Gasteiger partial charge in [-0.2, -0.15) is 30.7 Å². The van der Waals surface area contributed by atoms with E-state index in [0.717, 1.165) is 23.4 Å². The summed E-state index contributed by atoms with van der Waals surface area (Å²) in [5.41, 5.74) is -7.30. The summed E-state index contributed by atoms with van der Waals surface area (Å²) in [6.45, 7) is -1.34. The molecule has 4 aliphatic carbocycles. The minimum Gasteiger partial charge on any atom is -0.465 e. The fourth-order valence-corrected chi connectivity index (χ4v) is 7.56. The number of sulfonamides is 2. The highest BCUT2D eigenvalue weighted by atomic mass is 32.3. The highest BCUT2D eigenvalue weighted by molar-refractivity contribution is 8.13. The summed E-state index contributed by atoms with van der Waals surface area (Å²) in [4.78, 5) is 12.5. The molecule has 0 amide bonds. The highest BCUT2D eigenvalue weighted by Crippen LogP contribution is 2.60. The van der Waals surface area contributed by atoms with Crippen LogP contribution < -0.4 is 0 Å². The SMILES string of the molecule is O=C(OCCC(F)(F)C(F)(F)S(=O)(=O)[N-]S(=O)(=O)C(F)(F)F)C12CC3CC(CC(C3)C1)C2. The number of carbonyl (C=O) groups is 1. The molecule has 4 rings (SSSR count). The third-order valence-corrected chi connectivity index (χ3v) is 9.46. The van der Waals surface area contributed by atoms with Gasteiger partial charge in [0, 0.05) is 0 Å². The molecule has 0 radical (unpaired) electrons. The first-order valence-corrected chi connectivity index (χ1v) is 12.4. The zero-order valence-electron chi connectivity index (χ0n) is 16.2. The normalized spacial score (nSPS) is 31.0. The first-order chi connectivity index (χ1) is 14.3. The number of carbonyl (C=O) groups excluding carboxylic acids is 1. The van der Waals surface area contributed by atoms with E-state index in [1.807, 2.05) is 0 Å². The van der Waals surface area contributed by atoms with Crippen LogP contribution in [0.3, 0.4) is 0 Å². The van der Waals surface area contributed by atoms with Crippen LogP contribution in [0, 0.1) is 23.2 Å². The van der Waals surface area contributed by atoms with Gasteiger partial charge in [-0.05, 0) is 56.3 Å². The quantitative estimate of drug-likeness (QED) is 0.356. The van der Waals surface area contributed by atoms with Gasteiger partial charge in [0.1, 0.15) is 0 Å². The van der Waals surface area contributed by atoms with Crippen LogP contribution in [0.2, 0.25) is 0 Å². The van der Waals surface area contributed by atoms with Gasteiger partial charge in [-0.1, -0.05) is 0 Å². The van der Waals surface area contributed by atoms with Gasteiger partial charge < -0.3 is 8.86 Å². The molecule has 4 fully saturated rings. The molecule has 0 atom stereocenters. The predicted molar refractivity (Wildman–Crippen MR) is 93.3 cm³/mol. The Morgan fingerprint density at radius 2 is 1.28 bits per heavy atom. The second-order valence-electron chi connectivity index (χ2n) is 8.78. The number of esters is 1. The number of alkyl halides is 7. The molecule has 32 heavy (non-hydrogen) atoms. The molecule has 0 aromatic carbocycles. The molecular weight excluding hydrogens is 499 g/mol. The van der Waals surface area contributed by atoms with Gasteiger partial charge in [0.05, 0.1) is 18.4 Å². The second kappa shape index (κ2) is 7.68. The molecule has 0 heterocycles. The average Bonchev–Trinajstić information content (AvgIpc) is 2.58. The van der Waals surface area contributed by atoms with Crippen molar-refractivity contribution in [2.45, 2.75) is 61.6 Å². The van der Waals surface area contributed by atoms with E-state index in [4.69, 9.17) is 4.74 Å². The Hall–Kier alpha value is -1.16. The van der Waals surface area contributed by atoms with Crippen LogP contribution in [0.5, 0.6) is 0 Å². The molecule has 4 aliphatic rings. The van der Waals surface area contributed by atoms with E-state index in [9.17, 15) is 52.4 Å². The lowest BCUT2D eigenvalue weighted by Gasteiger charge is -2.55. The molecule has 4 saturated carbocycles. The fourth-order valence-electron chi connectivity index (χ4n) is 5.34. The lowest BCUT2D eigenvalue weighted by Crippen LogP contribution is -2.51. The van der Waals surface area contributed by atoms with E-state index in [-0.39, 0.29) is 17.8 Å². The van der Waals surface area contributed by atoms with Crippen molar-refractivity contribution in [2.24, 2.45) is 23.2 Å². The molecule has 0 aliphatic heterocycles. The molecule has 0 saturated heterocycles. The van der Waals surface area contributed by atoms with E-state index in [0.29, 0.717) is 19.3 Å². The van der Waals surface area contributed by atoms with Crippen LogP contribution in [0.4, 0.5) is 30.7 Å². The molecule has 0 unspecified atom stereocenters. The molecule has 4 bridgehead atoms. The van der Waals surface area contributed by atoms with Crippen LogP contribution in [0.15, 0.2) is 0 Å². The van der Waals surface area contributed by atoms with Crippen LogP contribution in [-0.4, -0.2) is 46.1 Å². The highest BCUT2D eigenvalue weighted by Gasteiger charge is 2.63. The zero-order chi connectivity index (χ0) is 24.4. The van der Waals surface area contributed by atoms with Gasteiger partial charge in [0.25, 0.3) is 0 Å². The maximum absolute atomic E-state index is 13.9. The Labute approximate surface area is 179 Å². The predicted octanol–water partition coefficient (Wildman–Crippen LogP) is 3.92. The Bertz CT molecular complexity index is 942. The summed E-state index contributed by atoms with van der Waals surface area (Å²) in [5, 5.41) is -6.30. The molecule has 186 valence electrons. The third kappa shape index (κ3) is 4.33. The Balaban J connectivity index is 1.64. The summed E-state index contributed by atoms with van der Waals surface area (Å²) >= 11 is 0. The van der Waals surface area contributed by atoms with Crippen molar-refractivity contribution in [2.75, 3.05) is 6.61 Å². The fraction of sp³-hybridized carbons (Fsp3) is 0.938. The van der Waals surface area contributed by atoms with Crippen molar-refractivity contribution in [1.29, 1.82) is 0 Å². The standard InChI is InChI=1S/C16H19F7NO6S2/c17-14(18,15(19,20)31(26,27)24-32(28,29)16(21,22)23)1-2-30-12(25)13-6-9-3-10(7-13)5-11(4-9)8-13/h9-11H,1-8H2/q-1. The van der Waals surface area contributed by atoms with Crippen LogP contribution in [0.1, 0.15) is 44.9 Å². The Kier molecular flexibility index (Phi) is 6.11. The van der Waals surface area contributed by atoms with Crippen molar-refractivity contribution in [1.82, 2.24) is 0 Å². The summed E-state index contributed by atoms with van der Waals surface area (Å²) in [6, 6.07) is 0. The first-order valence-electron chi connectivity index (χ1n) is 9.55. The van der Waals surface area contributed by atoms with E-state index < -0.39 is 61.1 Å². The maximum Gasteiger partial charge on any atom is 0.480 e. The van der Waals surface area contributed by atoms with Gasteiger partial charge in [-0.15, -0.1) is 0 Å². The minimum atomic E-state index is -7.15. The van der Waals surface area contributed by atoms with Crippen molar-refractivity contribution in [3.8, 4) is 0 Å². The van der Waals surface area contributed by atoms with Gasteiger partial charge in [0.15, 0.2) is 20.0 Å². The van der Waals surface area contributed by atoms with Crippen molar-refractivity contribution < 1.29 is 57.1 Å². The number of ether oxygens (including phenoxy) is 1. The van der Waals surface area contributed by atoms with Crippen molar-refractivity contribution >= 4 is 26.0 Å². The van der Waals surface area contributed by atoms with Crippen molar-refractivity contribution in [3.63, 3.8) is 0 Å². The first kappa shape index (κ1) is 25.5. The van der Waals surface area contributed by atoms with Crippen LogP contribution in [0.25, 0.3) is 4.13 Å². The number of nitrogens with zero attached hydrogens (tertiary/aromatic N) is 1. The molecule has 0 aromatic heterocycles. The van der Waals surface area contributed by atoms with E-state index in [1.165, 1.54) is 0 Å². The van der Waals surface area contributed by atoms with Gasteiger partial charge in [-0.25, -0.2) is 16.8 Å². The van der Waals surface area contributed by atoms with Crippen molar-refractivity contribution in [3.05, 3.63) is 4.13 Å². The molecule has 7 nitrogen and oxygen atoms in total. The van der Waals surface area contributed by atoms with E-state index >= 15 is 0 Å². The van der Waals surface area contributed by atoms with Gasteiger partial charge >= 0.3 is 22.7 Å². The van der Waals surface area contributed by atoms with E-state index in [1.54, 1.807) is 0 Å². The lowest BCUT2D eigenvalue weighted by atomic mass is 9.49. The number of hydrogen-bond acceptors (Lipinski definition) is 6. The monoisotopic (exact) mass is 518 g/mol. The zero-order valence-corrected chi connectivity index (χ0v) is 17.9. The van der Waals surface area contributed by atoms with E-state index in [2.05, 4.69) is 0 Å². The molecular formula is C16H19F7NO6S2-. The summed E-state index contributed by atoms with van der Waals surface area (Å²) < 4.78 is 142. The van der Waals surface area contributed by atoms with Crippen LogP contribution in [-0.2, 0) is 29.6 Å². The molecule has 0 aromatic rings. The van der Waals surface area contributed by atoms with Gasteiger partial charge in [-0.3, -0.25) is 4.79 Å². The number of halogens is 7. The molecule has 16 heteroatoms. The Morgan fingerprint density at radius 1 is 0.844 bits per heavy atom. The summed E-state index contributed by atoms with van der Waals surface area (Å²) in [5.74, 6) is -5.59. The minimum absolute atomic E-state index is 0.280. The molecule has 0 spiro atoms. The average molecular weight is 518 g/mol. The van der Waals surface area contributed by atoms with Gasteiger partial charge in [0.2, 0.25) is 0 Å².